The second-order valence-corrected chi connectivity index (χ2v) is 5.79. The minimum absolute atomic E-state index is 0.191. The van der Waals surface area contributed by atoms with E-state index in [2.05, 4.69) is 4.72 Å². The first-order valence-electron chi connectivity index (χ1n) is 5.26. The molecule has 0 atom stereocenters. The molecule has 1 rings (SSSR count). The first-order valence-corrected chi connectivity index (χ1v) is 7.12. The van der Waals surface area contributed by atoms with Gasteiger partial charge in [-0.1, -0.05) is 18.5 Å². The molecule has 0 unspecified atom stereocenters. The van der Waals surface area contributed by atoms with Gasteiger partial charge in [-0.2, -0.15) is 0 Å². The van der Waals surface area contributed by atoms with Crippen molar-refractivity contribution in [1.82, 2.24) is 4.72 Å². The monoisotopic (exact) mass is 277 g/mol. The van der Waals surface area contributed by atoms with E-state index in [-0.39, 0.29) is 9.92 Å². The summed E-state index contributed by atoms with van der Waals surface area (Å²) in [7, 11) is -2.00. The molecule has 0 aromatic heterocycles. The second kappa shape index (κ2) is 5.71. The first-order chi connectivity index (χ1) is 7.92. The van der Waals surface area contributed by atoms with Gasteiger partial charge in [-0.3, -0.25) is 0 Å². The van der Waals surface area contributed by atoms with Gasteiger partial charge in [0.15, 0.2) is 0 Å². The van der Waals surface area contributed by atoms with E-state index in [0.29, 0.717) is 17.9 Å². The lowest BCUT2D eigenvalue weighted by Gasteiger charge is -2.11. The number of methoxy groups -OCH3 is 1. The number of hydrogen-bond donors (Lipinski definition) is 1. The van der Waals surface area contributed by atoms with Crippen LogP contribution in [0.1, 0.15) is 18.9 Å². The molecule has 4 nitrogen and oxygen atoms in total. The summed E-state index contributed by atoms with van der Waals surface area (Å²) in [4.78, 5) is 0.191. The third-order valence-electron chi connectivity index (χ3n) is 2.28. The zero-order valence-corrected chi connectivity index (χ0v) is 11.7. The maximum Gasteiger partial charge on any atom is 0.240 e. The highest BCUT2D eigenvalue weighted by Crippen LogP contribution is 2.29. The Kier molecular flexibility index (Phi) is 4.80. The van der Waals surface area contributed by atoms with E-state index in [1.165, 1.54) is 13.2 Å². The van der Waals surface area contributed by atoms with E-state index in [1.54, 1.807) is 13.0 Å². The Hall–Kier alpha value is -0.780. The third kappa shape index (κ3) is 3.34. The normalized spacial score (nSPS) is 11.5. The van der Waals surface area contributed by atoms with Crippen LogP contribution in [0.15, 0.2) is 17.0 Å². The Morgan fingerprint density at radius 3 is 2.59 bits per heavy atom. The Morgan fingerprint density at radius 1 is 1.41 bits per heavy atom. The number of rotatable bonds is 5. The molecule has 0 bridgehead atoms. The van der Waals surface area contributed by atoms with Crippen molar-refractivity contribution in [2.45, 2.75) is 25.2 Å². The van der Waals surface area contributed by atoms with Crippen molar-refractivity contribution in [3.63, 3.8) is 0 Å². The SMILES string of the molecule is CCCNS(=O)(=O)c1cc(Cl)c(OC)cc1C. The zero-order valence-electron chi connectivity index (χ0n) is 10.1. The zero-order chi connectivity index (χ0) is 13.1. The molecular weight excluding hydrogens is 262 g/mol. The molecule has 0 saturated carbocycles. The number of aryl methyl sites for hydroxylation is 1. The van der Waals surface area contributed by atoms with Crippen molar-refractivity contribution < 1.29 is 13.2 Å². The summed E-state index contributed by atoms with van der Waals surface area (Å²) in [6.07, 6.45) is 0.738. The highest BCUT2D eigenvalue weighted by atomic mass is 35.5. The number of sulfonamides is 1. The van der Waals surface area contributed by atoms with Crippen LogP contribution in [-0.4, -0.2) is 22.1 Å². The quantitative estimate of drug-likeness (QED) is 0.899. The molecule has 96 valence electrons. The molecule has 0 radical (unpaired) electrons. The second-order valence-electron chi connectivity index (χ2n) is 3.65. The van der Waals surface area contributed by atoms with Gasteiger partial charge < -0.3 is 4.74 Å². The van der Waals surface area contributed by atoms with Crippen LogP contribution in [0.2, 0.25) is 5.02 Å². The summed E-state index contributed by atoms with van der Waals surface area (Å²) < 4.78 is 31.4. The smallest absolute Gasteiger partial charge is 0.240 e. The molecule has 1 aromatic carbocycles. The van der Waals surface area contributed by atoms with Gasteiger partial charge in [0.05, 0.1) is 17.0 Å². The number of hydrogen-bond acceptors (Lipinski definition) is 3. The van der Waals surface area contributed by atoms with E-state index in [1.807, 2.05) is 6.92 Å². The molecule has 0 spiro atoms. The Labute approximate surface area is 107 Å². The van der Waals surface area contributed by atoms with Crippen molar-refractivity contribution in [1.29, 1.82) is 0 Å². The molecule has 1 aromatic rings. The summed E-state index contributed by atoms with van der Waals surface area (Å²) in [6, 6.07) is 3.02. The molecule has 6 heteroatoms. The highest BCUT2D eigenvalue weighted by molar-refractivity contribution is 7.89. The average molecular weight is 278 g/mol. The molecule has 0 aliphatic carbocycles. The predicted octanol–water partition coefficient (Wildman–Crippen LogP) is 2.35. The van der Waals surface area contributed by atoms with Crippen LogP contribution in [0, 0.1) is 6.92 Å². The molecular formula is C11H16ClNO3S. The van der Waals surface area contributed by atoms with E-state index < -0.39 is 10.0 Å². The van der Waals surface area contributed by atoms with Gasteiger partial charge in [-0.25, -0.2) is 13.1 Å². The maximum atomic E-state index is 12.0. The van der Waals surface area contributed by atoms with Crippen LogP contribution in [0.25, 0.3) is 0 Å². The fourth-order valence-corrected chi connectivity index (χ4v) is 3.09. The summed E-state index contributed by atoms with van der Waals surface area (Å²) in [5, 5.41) is 0.287. The van der Waals surface area contributed by atoms with Crippen LogP contribution in [-0.2, 0) is 10.0 Å². The lowest BCUT2D eigenvalue weighted by atomic mass is 10.2. The standard InChI is InChI=1S/C11H16ClNO3S/c1-4-5-13-17(14,15)11-7-9(12)10(16-3)6-8(11)2/h6-7,13H,4-5H2,1-3H3. The summed E-state index contributed by atoms with van der Waals surface area (Å²) in [5.41, 5.74) is 0.606. The summed E-state index contributed by atoms with van der Waals surface area (Å²) in [5.74, 6) is 0.471. The number of halogens is 1. The predicted molar refractivity (Wildman–Crippen MR) is 68.2 cm³/mol. The number of benzene rings is 1. The lowest BCUT2D eigenvalue weighted by Crippen LogP contribution is -2.25. The highest BCUT2D eigenvalue weighted by Gasteiger charge is 2.18. The maximum absolute atomic E-state index is 12.0. The van der Waals surface area contributed by atoms with E-state index >= 15 is 0 Å². The van der Waals surface area contributed by atoms with Crippen molar-refractivity contribution >= 4 is 21.6 Å². The van der Waals surface area contributed by atoms with E-state index in [0.717, 1.165) is 6.42 Å². The minimum Gasteiger partial charge on any atom is -0.495 e. The largest absolute Gasteiger partial charge is 0.495 e. The van der Waals surface area contributed by atoms with Crippen LogP contribution in [0.3, 0.4) is 0 Å². The molecule has 0 aliphatic rings. The van der Waals surface area contributed by atoms with Crippen molar-refractivity contribution in [3.05, 3.63) is 22.7 Å². The fraction of sp³-hybridized carbons (Fsp3) is 0.455. The Bertz CT molecular complexity index is 500. The molecule has 1 N–H and O–H groups in total. The van der Waals surface area contributed by atoms with E-state index in [4.69, 9.17) is 16.3 Å². The van der Waals surface area contributed by atoms with Crippen molar-refractivity contribution in [2.24, 2.45) is 0 Å². The van der Waals surface area contributed by atoms with Crippen molar-refractivity contribution in [2.75, 3.05) is 13.7 Å². The van der Waals surface area contributed by atoms with Gasteiger partial charge in [0.1, 0.15) is 5.75 Å². The third-order valence-corrected chi connectivity index (χ3v) is 4.18. The first kappa shape index (κ1) is 14.3. The molecule has 17 heavy (non-hydrogen) atoms. The van der Waals surface area contributed by atoms with Crippen LogP contribution in [0.4, 0.5) is 0 Å². The van der Waals surface area contributed by atoms with Gasteiger partial charge in [0.25, 0.3) is 0 Å². The lowest BCUT2D eigenvalue weighted by molar-refractivity contribution is 0.414. The molecule has 0 heterocycles. The van der Waals surface area contributed by atoms with Gasteiger partial charge in [-0.15, -0.1) is 0 Å². The average Bonchev–Trinajstić information content (AvgIpc) is 2.28. The van der Waals surface area contributed by atoms with Gasteiger partial charge >= 0.3 is 0 Å². The fourth-order valence-electron chi connectivity index (χ4n) is 1.40. The van der Waals surface area contributed by atoms with Crippen LogP contribution >= 0.6 is 11.6 Å². The molecule has 0 aliphatic heterocycles. The molecule has 0 saturated heterocycles. The van der Waals surface area contributed by atoms with Gasteiger partial charge in [-0.05, 0) is 31.0 Å². The minimum atomic E-state index is -3.49. The summed E-state index contributed by atoms with van der Waals surface area (Å²) in [6.45, 7) is 4.02. The van der Waals surface area contributed by atoms with E-state index in [9.17, 15) is 8.42 Å². The molecule has 0 fully saturated rings. The molecule has 0 amide bonds. The van der Waals surface area contributed by atoms with Gasteiger partial charge in [0.2, 0.25) is 10.0 Å². The Balaban J connectivity index is 3.19. The van der Waals surface area contributed by atoms with Crippen LogP contribution in [0.5, 0.6) is 5.75 Å². The van der Waals surface area contributed by atoms with Gasteiger partial charge in [0, 0.05) is 6.54 Å². The number of ether oxygens (including phenoxy) is 1. The van der Waals surface area contributed by atoms with Crippen molar-refractivity contribution in [3.8, 4) is 5.75 Å². The van der Waals surface area contributed by atoms with Crippen LogP contribution < -0.4 is 9.46 Å². The number of nitrogens with one attached hydrogen (secondary N) is 1. The topological polar surface area (TPSA) is 55.4 Å². The summed E-state index contributed by atoms with van der Waals surface area (Å²) >= 11 is 5.92. The Morgan fingerprint density at radius 2 is 2.06 bits per heavy atom.